The summed E-state index contributed by atoms with van der Waals surface area (Å²) in [4.78, 5) is 17.7. The molecule has 1 N–H and O–H groups in total. The van der Waals surface area contributed by atoms with E-state index in [-0.39, 0.29) is 26.7 Å². The Kier molecular flexibility index (Phi) is 6.16. The molecule has 1 aromatic carbocycles. The van der Waals surface area contributed by atoms with Crippen molar-refractivity contribution >= 4 is 50.4 Å². The van der Waals surface area contributed by atoms with Crippen LogP contribution in [-0.2, 0) is 5.54 Å². The van der Waals surface area contributed by atoms with E-state index in [0.717, 1.165) is 11.3 Å². The highest BCUT2D eigenvalue weighted by Gasteiger charge is 2.67. The Morgan fingerprint density at radius 3 is 2.41 bits per heavy atom. The van der Waals surface area contributed by atoms with E-state index in [4.69, 9.17) is 0 Å². The lowest BCUT2D eigenvalue weighted by Gasteiger charge is -2.36. The van der Waals surface area contributed by atoms with Gasteiger partial charge in [0.2, 0.25) is 0 Å². The van der Waals surface area contributed by atoms with Gasteiger partial charge in [0.25, 0.3) is 0 Å². The summed E-state index contributed by atoms with van der Waals surface area (Å²) in [6.45, 7) is 0. The quantitative estimate of drug-likeness (QED) is 0.321. The van der Waals surface area contributed by atoms with Gasteiger partial charge in [-0.1, -0.05) is 48.2 Å². The maximum absolute atomic E-state index is 14.8. The van der Waals surface area contributed by atoms with Crippen LogP contribution in [0.2, 0.25) is 0 Å². The van der Waals surface area contributed by atoms with Gasteiger partial charge in [-0.15, -0.1) is 11.3 Å². The molecule has 1 aliphatic rings. The van der Waals surface area contributed by atoms with Crippen LogP contribution < -0.4 is 5.32 Å². The number of aromatic nitrogens is 1. The van der Waals surface area contributed by atoms with Crippen molar-refractivity contribution in [3.63, 3.8) is 0 Å². The summed E-state index contributed by atoms with van der Waals surface area (Å²) in [5.41, 5.74) is -2.66. The fraction of sp³-hybridized carbons (Fsp3) is 0.136. The lowest BCUT2D eigenvalue weighted by Crippen LogP contribution is -2.57. The first kappa shape index (κ1) is 22.6. The molecule has 3 aromatic rings. The summed E-state index contributed by atoms with van der Waals surface area (Å²) >= 11 is 5.03. The van der Waals surface area contributed by atoms with Gasteiger partial charge in [-0.05, 0) is 45.8 Å². The summed E-state index contributed by atoms with van der Waals surface area (Å²) in [7, 11) is 0. The summed E-state index contributed by atoms with van der Waals surface area (Å²) < 4.78 is 45.1. The highest BCUT2D eigenvalue weighted by Crippen LogP contribution is 2.55. The maximum atomic E-state index is 14.8. The van der Waals surface area contributed by atoms with Crippen molar-refractivity contribution in [2.24, 2.45) is 0 Å². The predicted molar refractivity (Wildman–Crippen MR) is 122 cm³/mol. The molecule has 1 fully saturated rings. The Labute approximate surface area is 198 Å². The van der Waals surface area contributed by atoms with Crippen LogP contribution in [0.1, 0.15) is 20.9 Å². The van der Waals surface area contributed by atoms with E-state index < -0.39 is 22.7 Å². The van der Waals surface area contributed by atoms with E-state index in [9.17, 15) is 23.2 Å². The van der Waals surface area contributed by atoms with Gasteiger partial charge in [-0.25, -0.2) is 0 Å². The summed E-state index contributed by atoms with van der Waals surface area (Å²) in [5, 5.41) is 10.7. The standard InChI is InChI=1S/C22H13BrF3N3OS2/c23-17-10-9-16(31-17)18(30)19-21(22(24,25)26,13-6-2-1-3-7-13)29-20(32-19)14(12-27)15-8-4-5-11-28-15/h1-11,19,29H/b20-14-. The van der Waals surface area contributed by atoms with Crippen molar-refractivity contribution in [2.75, 3.05) is 0 Å². The van der Waals surface area contributed by atoms with E-state index in [1.165, 1.54) is 42.6 Å². The van der Waals surface area contributed by atoms with Crippen LogP contribution in [0.4, 0.5) is 13.2 Å². The number of hydrogen-bond acceptors (Lipinski definition) is 6. The molecular weight excluding hydrogens is 523 g/mol. The molecule has 0 saturated carbocycles. The van der Waals surface area contributed by atoms with E-state index in [1.54, 1.807) is 24.3 Å². The van der Waals surface area contributed by atoms with Crippen LogP contribution in [0.15, 0.2) is 75.7 Å². The van der Waals surface area contributed by atoms with Gasteiger partial charge in [-0.2, -0.15) is 18.4 Å². The van der Waals surface area contributed by atoms with Gasteiger partial charge >= 0.3 is 6.18 Å². The number of halogens is 4. The number of nitriles is 1. The third kappa shape index (κ3) is 3.85. The summed E-state index contributed by atoms with van der Waals surface area (Å²) in [6.07, 6.45) is -3.39. The molecule has 2 aromatic heterocycles. The molecule has 0 amide bonds. The van der Waals surface area contributed by atoms with Gasteiger partial charge in [-0.3, -0.25) is 9.78 Å². The minimum atomic E-state index is -4.84. The predicted octanol–water partition coefficient (Wildman–Crippen LogP) is 6.14. The fourth-order valence-electron chi connectivity index (χ4n) is 3.47. The number of nitrogens with one attached hydrogen (secondary N) is 1. The van der Waals surface area contributed by atoms with E-state index in [1.807, 2.05) is 6.07 Å². The fourth-order valence-corrected chi connectivity index (χ4v) is 6.36. The van der Waals surface area contributed by atoms with Crippen LogP contribution in [0.25, 0.3) is 5.57 Å². The van der Waals surface area contributed by atoms with Gasteiger partial charge in [0.15, 0.2) is 11.3 Å². The minimum Gasteiger partial charge on any atom is -0.360 e. The largest absolute Gasteiger partial charge is 0.417 e. The molecule has 0 aliphatic carbocycles. The number of carbonyl (C=O) groups excluding carboxylic acids is 1. The van der Waals surface area contributed by atoms with Crippen LogP contribution in [0.3, 0.4) is 0 Å². The molecule has 1 saturated heterocycles. The van der Waals surface area contributed by atoms with Crippen LogP contribution in [0.5, 0.6) is 0 Å². The molecule has 3 heterocycles. The van der Waals surface area contributed by atoms with Crippen molar-refractivity contribution in [1.29, 1.82) is 5.26 Å². The molecule has 4 nitrogen and oxygen atoms in total. The van der Waals surface area contributed by atoms with Crippen molar-refractivity contribution in [3.05, 3.63) is 91.8 Å². The number of allylic oxidation sites excluding steroid dienone is 1. The van der Waals surface area contributed by atoms with Crippen molar-refractivity contribution in [2.45, 2.75) is 17.0 Å². The smallest absolute Gasteiger partial charge is 0.360 e. The van der Waals surface area contributed by atoms with Crippen LogP contribution in [0, 0.1) is 11.3 Å². The molecule has 4 rings (SSSR count). The third-order valence-electron chi connectivity index (χ3n) is 4.93. The molecule has 1 aliphatic heterocycles. The van der Waals surface area contributed by atoms with E-state index in [0.29, 0.717) is 15.5 Å². The second kappa shape index (κ2) is 8.73. The third-order valence-corrected chi connectivity index (χ3v) is 7.91. The normalized spacial score (nSPS) is 22.2. The van der Waals surface area contributed by atoms with Gasteiger partial charge in [0.05, 0.1) is 19.4 Å². The van der Waals surface area contributed by atoms with E-state index >= 15 is 0 Å². The number of thioether (sulfide) groups is 1. The lowest BCUT2D eigenvalue weighted by molar-refractivity contribution is -0.193. The Hall–Kier alpha value is -2.61. The molecule has 2 atom stereocenters. The van der Waals surface area contributed by atoms with Gasteiger partial charge in [0.1, 0.15) is 16.9 Å². The zero-order valence-corrected chi connectivity index (χ0v) is 19.3. The Balaban J connectivity index is 1.95. The topological polar surface area (TPSA) is 65.8 Å². The monoisotopic (exact) mass is 535 g/mol. The molecule has 32 heavy (non-hydrogen) atoms. The number of nitrogens with zero attached hydrogens (tertiary/aromatic N) is 2. The molecule has 2 unspecified atom stereocenters. The Bertz CT molecular complexity index is 1220. The summed E-state index contributed by atoms with van der Waals surface area (Å²) in [5.74, 6) is -0.673. The number of hydrogen-bond donors (Lipinski definition) is 1. The van der Waals surface area contributed by atoms with Gasteiger partial charge in [0, 0.05) is 6.20 Å². The second-order valence-electron chi connectivity index (χ2n) is 6.79. The number of pyridine rings is 1. The highest BCUT2D eigenvalue weighted by molar-refractivity contribution is 9.11. The van der Waals surface area contributed by atoms with Crippen LogP contribution >= 0.6 is 39.0 Å². The Morgan fingerprint density at radius 1 is 1.12 bits per heavy atom. The first-order valence-electron chi connectivity index (χ1n) is 9.20. The van der Waals surface area contributed by atoms with E-state index in [2.05, 4.69) is 26.2 Å². The molecule has 0 bridgehead atoms. The zero-order valence-electron chi connectivity index (χ0n) is 16.1. The van der Waals surface area contributed by atoms with Crippen molar-refractivity contribution in [1.82, 2.24) is 10.3 Å². The number of Topliss-reactive ketones (excluding diaryl/α,β-unsaturated/α-hetero) is 1. The number of alkyl halides is 3. The Morgan fingerprint density at radius 2 is 1.84 bits per heavy atom. The van der Waals surface area contributed by atoms with Crippen LogP contribution in [-0.4, -0.2) is 22.2 Å². The maximum Gasteiger partial charge on any atom is 0.417 e. The zero-order chi connectivity index (χ0) is 22.9. The average molecular weight is 536 g/mol. The highest BCUT2D eigenvalue weighted by atomic mass is 79.9. The minimum absolute atomic E-state index is 0.0404. The first-order chi connectivity index (χ1) is 15.3. The molecule has 0 spiro atoms. The number of rotatable bonds is 4. The SMILES string of the molecule is N#C/C(=C1\NC(c2ccccc2)(C(F)(F)F)C(C(=O)c2ccc(Br)s2)S1)c1ccccn1. The molecule has 162 valence electrons. The van der Waals surface area contributed by atoms with Gasteiger partial charge < -0.3 is 5.32 Å². The average Bonchev–Trinajstić information content (AvgIpc) is 3.40. The van der Waals surface area contributed by atoms with Crippen molar-refractivity contribution in [3.8, 4) is 6.07 Å². The molecule has 10 heteroatoms. The lowest BCUT2D eigenvalue weighted by atomic mass is 9.83. The number of carbonyl (C=O) groups is 1. The number of benzene rings is 1. The second-order valence-corrected chi connectivity index (χ2v) is 10.4. The number of thiophene rings is 1. The molecular formula is C22H13BrF3N3OS2. The first-order valence-corrected chi connectivity index (χ1v) is 11.7. The van der Waals surface area contributed by atoms with Crippen molar-refractivity contribution < 1.29 is 18.0 Å². The summed E-state index contributed by atoms with van der Waals surface area (Å²) in [6, 6.07) is 17.1. The number of ketones is 1. The molecule has 0 radical (unpaired) electrons.